The van der Waals surface area contributed by atoms with Gasteiger partial charge in [0.25, 0.3) is 5.56 Å². The van der Waals surface area contributed by atoms with E-state index in [2.05, 4.69) is 10.3 Å². The highest BCUT2D eigenvalue weighted by atomic mass is 32.1. The van der Waals surface area contributed by atoms with Crippen molar-refractivity contribution in [2.75, 3.05) is 25.1 Å². The number of ether oxygens (including phenoxy) is 3. The summed E-state index contributed by atoms with van der Waals surface area (Å²) in [6.45, 7) is 4.43. The molecule has 0 amide bonds. The Balaban J connectivity index is 1.42. The van der Waals surface area contributed by atoms with E-state index in [0.29, 0.717) is 60.6 Å². The molecule has 3 aromatic carbocycles. The number of anilines is 1. The number of aromatic amines is 1. The summed E-state index contributed by atoms with van der Waals surface area (Å²) in [5.74, 6) is 2.12. The van der Waals surface area contributed by atoms with Crippen molar-refractivity contribution in [3.05, 3.63) is 94.3 Å². The van der Waals surface area contributed by atoms with Gasteiger partial charge in [-0.25, -0.2) is 0 Å². The van der Waals surface area contributed by atoms with Crippen LogP contribution in [-0.2, 0) is 13.1 Å². The van der Waals surface area contributed by atoms with Gasteiger partial charge in [0.15, 0.2) is 16.6 Å². The van der Waals surface area contributed by atoms with Gasteiger partial charge in [0, 0.05) is 29.2 Å². The van der Waals surface area contributed by atoms with E-state index in [1.54, 1.807) is 0 Å². The van der Waals surface area contributed by atoms with Gasteiger partial charge in [0.1, 0.15) is 19.0 Å². The number of aromatic nitrogens is 1. The maximum atomic E-state index is 13.0. The van der Waals surface area contributed by atoms with Crippen LogP contribution in [0, 0.1) is 0 Å². The van der Waals surface area contributed by atoms with E-state index in [-0.39, 0.29) is 5.56 Å². The van der Waals surface area contributed by atoms with Gasteiger partial charge < -0.3 is 29.4 Å². The average molecular weight is 502 g/mol. The van der Waals surface area contributed by atoms with E-state index in [1.165, 1.54) is 0 Å². The number of hydrogen-bond acceptors (Lipinski definition) is 5. The molecule has 0 aliphatic carbocycles. The third-order valence-electron chi connectivity index (χ3n) is 5.87. The summed E-state index contributed by atoms with van der Waals surface area (Å²) in [7, 11) is 0. The summed E-state index contributed by atoms with van der Waals surface area (Å²) < 4.78 is 16.9. The van der Waals surface area contributed by atoms with Crippen molar-refractivity contribution in [1.82, 2.24) is 9.88 Å². The molecule has 0 bridgehead atoms. The first-order chi connectivity index (χ1) is 17.6. The Morgan fingerprint density at radius 2 is 1.72 bits per heavy atom. The maximum absolute atomic E-state index is 13.0. The second-order valence-electron chi connectivity index (χ2n) is 8.44. The van der Waals surface area contributed by atoms with E-state index in [0.717, 1.165) is 22.4 Å². The number of rotatable bonds is 7. The van der Waals surface area contributed by atoms with E-state index in [4.69, 9.17) is 26.4 Å². The normalized spacial score (nSPS) is 12.2. The molecule has 0 saturated carbocycles. The number of thiocarbonyl (C=S) groups is 1. The van der Waals surface area contributed by atoms with Gasteiger partial charge in [-0.15, -0.1) is 0 Å². The fourth-order valence-electron chi connectivity index (χ4n) is 4.12. The zero-order valence-electron chi connectivity index (χ0n) is 20.0. The summed E-state index contributed by atoms with van der Waals surface area (Å²) in [4.78, 5) is 18.0. The summed E-state index contributed by atoms with van der Waals surface area (Å²) in [6, 6.07) is 23.3. The second kappa shape index (κ2) is 10.7. The molecule has 0 atom stereocenters. The number of nitrogens with zero attached hydrogens (tertiary/aromatic N) is 1. The maximum Gasteiger partial charge on any atom is 0.253 e. The molecule has 8 heteroatoms. The van der Waals surface area contributed by atoms with Crippen molar-refractivity contribution in [1.29, 1.82) is 0 Å². The number of pyridine rings is 1. The molecule has 0 radical (unpaired) electrons. The quantitative estimate of drug-likeness (QED) is 0.341. The summed E-state index contributed by atoms with van der Waals surface area (Å²) in [6.07, 6.45) is 0. The standard InChI is InChI=1S/C28H27N3O4S/c1-2-33-23-10-8-22(9-11-23)29-28(36)31(17-19-6-4-3-5-7-19)18-21-14-20-15-25-26(35-13-12-34-25)16-24(20)30-27(21)32/h3-11,14-16H,2,12-13,17-18H2,1H3,(H,29,36)(H,30,32). The third kappa shape index (κ3) is 5.44. The first kappa shape index (κ1) is 23.7. The molecule has 0 fully saturated rings. The number of hydrogen-bond donors (Lipinski definition) is 2. The molecule has 2 N–H and O–H groups in total. The van der Waals surface area contributed by atoms with Gasteiger partial charge in [-0.1, -0.05) is 30.3 Å². The van der Waals surface area contributed by atoms with Crippen LogP contribution in [0.5, 0.6) is 17.2 Å². The molecule has 184 valence electrons. The Morgan fingerprint density at radius 3 is 2.44 bits per heavy atom. The molecule has 0 saturated heterocycles. The number of benzene rings is 3. The molecule has 1 aromatic heterocycles. The first-order valence-electron chi connectivity index (χ1n) is 11.9. The Bertz CT molecular complexity index is 1420. The van der Waals surface area contributed by atoms with Gasteiger partial charge in [-0.05, 0) is 61.1 Å². The average Bonchev–Trinajstić information content (AvgIpc) is 2.89. The summed E-state index contributed by atoms with van der Waals surface area (Å²) >= 11 is 5.79. The number of nitrogens with one attached hydrogen (secondary N) is 2. The second-order valence-corrected chi connectivity index (χ2v) is 8.82. The predicted molar refractivity (Wildman–Crippen MR) is 145 cm³/mol. The lowest BCUT2D eigenvalue weighted by Gasteiger charge is -2.26. The van der Waals surface area contributed by atoms with Crippen molar-refractivity contribution in [2.24, 2.45) is 0 Å². The molecule has 36 heavy (non-hydrogen) atoms. The van der Waals surface area contributed by atoms with Gasteiger partial charge >= 0.3 is 0 Å². The van der Waals surface area contributed by atoms with Gasteiger partial charge in [-0.2, -0.15) is 0 Å². The molecule has 2 heterocycles. The Hall–Kier alpha value is -4.04. The molecule has 5 rings (SSSR count). The largest absolute Gasteiger partial charge is 0.494 e. The Morgan fingerprint density at radius 1 is 1.00 bits per heavy atom. The van der Waals surface area contributed by atoms with Crippen molar-refractivity contribution in [3.63, 3.8) is 0 Å². The molecule has 7 nitrogen and oxygen atoms in total. The van der Waals surface area contributed by atoms with Crippen LogP contribution >= 0.6 is 12.2 Å². The number of H-pyrrole nitrogens is 1. The van der Waals surface area contributed by atoms with Crippen LogP contribution in [0.1, 0.15) is 18.1 Å². The van der Waals surface area contributed by atoms with Crippen LogP contribution < -0.4 is 25.1 Å². The molecular weight excluding hydrogens is 474 g/mol. The van der Waals surface area contributed by atoms with Crippen molar-refractivity contribution in [3.8, 4) is 17.2 Å². The molecule has 4 aromatic rings. The lowest BCUT2D eigenvalue weighted by atomic mass is 10.1. The monoisotopic (exact) mass is 501 g/mol. The van der Waals surface area contributed by atoms with Crippen LogP contribution in [0.4, 0.5) is 5.69 Å². The van der Waals surface area contributed by atoms with Crippen molar-refractivity contribution < 1.29 is 14.2 Å². The lowest BCUT2D eigenvalue weighted by molar-refractivity contribution is 0.172. The third-order valence-corrected chi connectivity index (χ3v) is 6.23. The minimum atomic E-state index is -0.166. The Kier molecular flexibility index (Phi) is 7.04. The zero-order valence-corrected chi connectivity index (χ0v) is 20.8. The zero-order chi connectivity index (χ0) is 24.9. The topological polar surface area (TPSA) is 75.8 Å². The summed E-state index contributed by atoms with van der Waals surface area (Å²) in [5, 5.41) is 4.69. The minimum Gasteiger partial charge on any atom is -0.494 e. The van der Waals surface area contributed by atoms with E-state index >= 15 is 0 Å². The van der Waals surface area contributed by atoms with E-state index < -0.39 is 0 Å². The first-order valence-corrected chi connectivity index (χ1v) is 12.3. The van der Waals surface area contributed by atoms with Crippen molar-refractivity contribution in [2.45, 2.75) is 20.0 Å². The fourth-order valence-corrected chi connectivity index (χ4v) is 4.37. The highest BCUT2D eigenvalue weighted by Crippen LogP contribution is 2.33. The molecule has 0 spiro atoms. The van der Waals surface area contributed by atoms with Crippen LogP contribution in [0.3, 0.4) is 0 Å². The molecule has 1 aliphatic rings. The van der Waals surface area contributed by atoms with Crippen LogP contribution in [0.25, 0.3) is 10.9 Å². The summed E-state index contributed by atoms with van der Waals surface area (Å²) in [5.41, 5.74) is 3.08. The van der Waals surface area contributed by atoms with Gasteiger partial charge in [0.2, 0.25) is 0 Å². The highest BCUT2D eigenvalue weighted by Gasteiger charge is 2.17. The fraction of sp³-hybridized carbons (Fsp3) is 0.214. The Labute approximate surface area is 214 Å². The van der Waals surface area contributed by atoms with Gasteiger partial charge in [0.05, 0.1) is 18.7 Å². The van der Waals surface area contributed by atoms with Crippen LogP contribution in [0.15, 0.2) is 77.6 Å². The molecule has 0 unspecified atom stereocenters. The van der Waals surface area contributed by atoms with Gasteiger partial charge in [-0.3, -0.25) is 4.79 Å². The SMILES string of the molecule is CCOc1ccc(NC(=S)N(Cc2ccccc2)Cc2cc3cc4c(cc3[nH]c2=O)OCCO4)cc1. The van der Waals surface area contributed by atoms with Crippen LogP contribution in [0.2, 0.25) is 0 Å². The highest BCUT2D eigenvalue weighted by molar-refractivity contribution is 7.80. The lowest BCUT2D eigenvalue weighted by Crippen LogP contribution is -2.35. The van der Waals surface area contributed by atoms with Crippen LogP contribution in [-0.4, -0.2) is 34.8 Å². The minimum absolute atomic E-state index is 0.166. The molecular formula is C28H27N3O4S. The van der Waals surface area contributed by atoms with Crippen molar-refractivity contribution >= 4 is 33.9 Å². The molecule has 1 aliphatic heterocycles. The smallest absolute Gasteiger partial charge is 0.253 e. The predicted octanol–water partition coefficient (Wildman–Crippen LogP) is 5.10. The van der Waals surface area contributed by atoms with E-state index in [9.17, 15) is 4.79 Å². The van der Waals surface area contributed by atoms with E-state index in [1.807, 2.05) is 84.6 Å². The number of fused-ring (bicyclic) bond motifs is 2.